The van der Waals surface area contributed by atoms with Crippen LogP contribution in [0.15, 0.2) is 4.47 Å². The predicted octanol–water partition coefficient (Wildman–Crippen LogP) is 1.60. The van der Waals surface area contributed by atoms with Crippen LogP contribution in [0.1, 0.15) is 25.2 Å². The summed E-state index contributed by atoms with van der Waals surface area (Å²) in [4.78, 5) is 2.31. The number of aliphatic hydroxyl groups excluding tert-OH is 1. The Morgan fingerprint density at radius 1 is 1.45 bits per heavy atom. The van der Waals surface area contributed by atoms with Crippen molar-refractivity contribution in [2.24, 2.45) is 0 Å². The maximum atomic E-state index is 10.5. The molecule has 1 saturated heterocycles. The second-order valence-corrected chi connectivity index (χ2v) is 6.03. The topological polar surface area (TPSA) is 50.5 Å². The van der Waals surface area contributed by atoms with Crippen LogP contribution in [-0.2, 0) is 17.7 Å². The summed E-state index contributed by atoms with van der Waals surface area (Å²) < 4.78 is 8.68. The van der Waals surface area contributed by atoms with Crippen LogP contribution >= 0.6 is 15.9 Å². The fourth-order valence-corrected chi connectivity index (χ4v) is 3.09. The molecule has 1 N–H and O–H groups in total. The summed E-state index contributed by atoms with van der Waals surface area (Å²) in [6.45, 7) is 10.4. The molecule has 0 saturated carbocycles. The number of aromatic nitrogens is 2. The maximum absolute atomic E-state index is 10.5. The molecule has 0 bridgehead atoms. The van der Waals surface area contributed by atoms with E-state index in [0.29, 0.717) is 13.0 Å². The molecule has 5 nitrogen and oxygen atoms in total. The third-order valence-electron chi connectivity index (χ3n) is 3.91. The van der Waals surface area contributed by atoms with Crippen LogP contribution in [0.5, 0.6) is 0 Å². The van der Waals surface area contributed by atoms with E-state index in [1.54, 1.807) is 0 Å². The molecule has 2 rings (SSSR count). The van der Waals surface area contributed by atoms with Crippen molar-refractivity contribution >= 4 is 15.9 Å². The van der Waals surface area contributed by atoms with Crippen LogP contribution in [0.2, 0.25) is 0 Å². The van der Waals surface area contributed by atoms with Gasteiger partial charge in [-0.1, -0.05) is 6.92 Å². The van der Waals surface area contributed by atoms with Crippen molar-refractivity contribution in [2.45, 2.75) is 45.9 Å². The number of aryl methyl sites for hydroxylation is 2. The molecule has 114 valence electrons. The van der Waals surface area contributed by atoms with E-state index in [1.165, 1.54) is 0 Å². The first-order valence-electron chi connectivity index (χ1n) is 7.30. The highest BCUT2D eigenvalue weighted by atomic mass is 79.9. The predicted molar refractivity (Wildman–Crippen MR) is 81.9 cm³/mol. The number of rotatable bonds is 5. The molecule has 0 spiro atoms. The summed E-state index contributed by atoms with van der Waals surface area (Å²) in [5.41, 5.74) is 2.02. The number of aliphatic hydroxyl groups is 1. The normalized spacial score (nSPS) is 22.1. The second kappa shape index (κ2) is 7.02. The van der Waals surface area contributed by atoms with E-state index >= 15 is 0 Å². The highest BCUT2D eigenvalue weighted by molar-refractivity contribution is 9.10. The Kier molecular flexibility index (Phi) is 5.60. The zero-order valence-electron chi connectivity index (χ0n) is 12.5. The first kappa shape index (κ1) is 15.9. The van der Waals surface area contributed by atoms with Gasteiger partial charge in [-0.3, -0.25) is 9.58 Å². The molecule has 1 fully saturated rings. The number of hydrogen-bond donors (Lipinski definition) is 1. The van der Waals surface area contributed by atoms with E-state index in [4.69, 9.17) is 4.74 Å². The van der Waals surface area contributed by atoms with Gasteiger partial charge in [0.1, 0.15) is 0 Å². The average Bonchev–Trinajstić information content (AvgIpc) is 2.75. The van der Waals surface area contributed by atoms with Crippen molar-refractivity contribution in [2.75, 3.05) is 26.2 Å². The SMILES string of the molecule is CCN1CCOC(C(O)Cc2c(Br)c(C)nn2CC)C1. The molecule has 0 aromatic carbocycles. The summed E-state index contributed by atoms with van der Waals surface area (Å²) in [6, 6.07) is 0. The van der Waals surface area contributed by atoms with E-state index in [2.05, 4.69) is 39.8 Å². The van der Waals surface area contributed by atoms with Gasteiger partial charge in [-0.05, 0) is 36.3 Å². The van der Waals surface area contributed by atoms with Crippen LogP contribution in [0.3, 0.4) is 0 Å². The molecule has 6 heteroatoms. The Morgan fingerprint density at radius 2 is 2.20 bits per heavy atom. The molecule has 1 aliphatic rings. The molecule has 20 heavy (non-hydrogen) atoms. The number of halogens is 1. The van der Waals surface area contributed by atoms with Crippen molar-refractivity contribution in [3.8, 4) is 0 Å². The van der Waals surface area contributed by atoms with Crippen molar-refractivity contribution in [1.82, 2.24) is 14.7 Å². The van der Waals surface area contributed by atoms with Gasteiger partial charge in [-0.25, -0.2) is 0 Å². The summed E-state index contributed by atoms with van der Waals surface area (Å²) in [5, 5.41) is 14.9. The molecule has 0 radical (unpaired) electrons. The van der Waals surface area contributed by atoms with E-state index in [0.717, 1.165) is 42.0 Å². The van der Waals surface area contributed by atoms with Crippen molar-refractivity contribution in [3.63, 3.8) is 0 Å². The molecule has 1 aromatic rings. The van der Waals surface area contributed by atoms with Crippen LogP contribution in [0.4, 0.5) is 0 Å². The minimum atomic E-state index is -0.498. The van der Waals surface area contributed by atoms with E-state index in [9.17, 15) is 5.11 Å². The number of morpholine rings is 1. The molecule has 2 unspecified atom stereocenters. The van der Waals surface area contributed by atoms with E-state index in [-0.39, 0.29) is 6.10 Å². The Labute approximate surface area is 129 Å². The number of likely N-dealkylation sites (N-methyl/N-ethyl adjacent to an activating group) is 1. The van der Waals surface area contributed by atoms with Crippen LogP contribution < -0.4 is 0 Å². The van der Waals surface area contributed by atoms with Gasteiger partial charge < -0.3 is 9.84 Å². The van der Waals surface area contributed by atoms with Gasteiger partial charge in [-0.2, -0.15) is 5.10 Å². The summed E-state index contributed by atoms with van der Waals surface area (Å²) >= 11 is 3.57. The standard InChI is InChI=1S/C14H24BrN3O2/c1-4-17-6-7-20-13(9-17)12(19)8-11-14(15)10(3)16-18(11)5-2/h12-13,19H,4-9H2,1-3H3. The summed E-state index contributed by atoms with van der Waals surface area (Å²) in [5.74, 6) is 0. The maximum Gasteiger partial charge on any atom is 0.0964 e. The number of ether oxygens (including phenoxy) is 1. The van der Waals surface area contributed by atoms with Crippen LogP contribution in [-0.4, -0.2) is 58.2 Å². The molecule has 1 aliphatic heterocycles. The second-order valence-electron chi connectivity index (χ2n) is 5.24. The fourth-order valence-electron chi connectivity index (χ4n) is 2.65. The monoisotopic (exact) mass is 345 g/mol. The number of hydrogen-bond acceptors (Lipinski definition) is 4. The lowest BCUT2D eigenvalue weighted by Crippen LogP contribution is -2.48. The highest BCUT2D eigenvalue weighted by Gasteiger charge is 2.28. The first-order valence-corrected chi connectivity index (χ1v) is 8.09. The Morgan fingerprint density at radius 3 is 2.85 bits per heavy atom. The quantitative estimate of drug-likeness (QED) is 0.880. The minimum absolute atomic E-state index is 0.115. The first-order chi connectivity index (χ1) is 9.56. The van der Waals surface area contributed by atoms with Crippen molar-refractivity contribution in [3.05, 3.63) is 15.9 Å². The van der Waals surface area contributed by atoms with Gasteiger partial charge in [0, 0.05) is 26.1 Å². The zero-order chi connectivity index (χ0) is 14.7. The van der Waals surface area contributed by atoms with Gasteiger partial charge in [0.2, 0.25) is 0 Å². The lowest BCUT2D eigenvalue weighted by atomic mass is 10.1. The van der Waals surface area contributed by atoms with Crippen LogP contribution in [0, 0.1) is 6.92 Å². The molecule has 1 aromatic heterocycles. The average molecular weight is 346 g/mol. The molecular weight excluding hydrogens is 322 g/mol. The van der Waals surface area contributed by atoms with Gasteiger partial charge in [0.15, 0.2) is 0 Å². The smallest absolute Gasteiger partial charge is 0.0964 e. The minimum Gasteiger partial charge on any atom is -0.390 e. The molecular formula is C14H24BrN3O2. The Bertz CT molecular complexity index is 450. The van der Waals surface area contributed by atoms with Crippen molar-refractivity contribution in [1.29, 1.82) is 0 Å². The van der Waals surface area contributed by atoms with Crippen molar-refractivity contribution < 1.29 is 9.84 Å². The zero-order valence-corrected chi connectivity index (χ0v) is 14.1. The number of nitrogens with zero attached hydrogens (tertiary/aromatic N) is 3. The molecule has 2 atom stereocenters. The Balaban J connectivity index is 2.05. The third-order valence-corrected chi connectivity index (χ3v) is 4.94. The highest BCUT2D eigenvalue weighted by Crippen LogP contribution is 2.24. The third kappa shape index (κ3) is 3.42. The van der Waals surface area contributed by atoms with Gasteiger partial charge in [0.25, 0.3) is 0 Å². The van der Waals surface area contributed by atoms with Crippen LogP contribution in [0.25, 0.3) is 0 Å². The van der Waals surface area contributed by atoms with Gasteiger partial charge >= 0.3 is 0 Å². The summed E-state index contributed by atoms with van der Waals surface area (Å²) in [6.07, 6.45) is -0.0459. The molecule has 0 aliphatic carbocycles. The Hall–Kier alpha value is -0.430. The van der Waals surface area contributed by atoms with E-state index in [1.807, 2.05) is 11.6 Å². The largest absolute Gasteiger partial charge is 0.390 e. The van der Waals surface area contributed by atoms with Gasteiger partial charge in [-0.15, -0.1) is 0 Å². The lowest BCUT2D eigenvalue weighted by molar-refractivity contribution is -0.0872. The molecule has 0 amide bonds. The van der Waals surface area contributed by atoms with E-state index < -0.39 is 6.10 Å². The fraction of sp³-hybridized carbons (Fsp3) is 0.786. The molecule has 2 heterocycles. The van der Waals surface area contributed by atoms with Gasteiger partial charge in [0.05, 0.1) is 34.7 Å². The summed E-state index contributed by atoms with van der Waals surface area (Å²) in [7, 11) is 0. The lowest BCUT2D eigenvalue weighted by Gasteiger charge is -2.34.